The number of allylic oxidation sites excluding steroid dienone is 18. The van der Waals surface area contributed by atoms with E-state index in [4.69, 9.17) is 14.2 Å². The van der Waals surface area contributed by atoms with Crippen molar-refractivity contribution in [3.8, 4) is 0 Å². The zero-order chi connectivity index (χ0) is 54.0. The summed E-state index contributed by atoms with van der Waals surface area (Å²) in [5.74, 6) is -1.32. The second-order valence-electron chi connectivity index (χ2n) is 19.3. The summed E-state index contributed by atoms with van der Waals surface area (Å²) in [6.07, 6.45) is 58.3. The van der Waals surface area contributed by atoms with Crippen molar-refractivity contribution in [2.45, 2.75) is 250 Å². The number of aliphatic hydroxyl groups excluding tert-OH is 5. The van der Waals surface area contributed by atoms with Crippen LogP contribution in [0, 0.1) is 0 Å². The quantitative estimate of drug-likeness (QED) is 0.0196. The molecule has 0 aromatic heterocycles. The molecule has 6 N–H and O–H groups in total. The van der Waals surface area contributed by atoms with Crippen LogP contribution < -0.4 is 5.32 Å². The topological polar surface area (TPSA) is 175 Å². The number of nitrogens with one attached hydrogen (secondary N) is 1. The smallest absolute Gasteiger partial charge is 0.306 e. The number of carbonyl (C=O) groups excluding carboxylic acids is 2. The molecule has 1 aliphatic rings. The van der Waals surface area contributed by atoms with Crippen molar-refractivity contribution in [2.75, 3.05) is 13.2 Å². The molecule has 0 spiro atoms. The van der Waals surface area contributed by atoms with Crippen molar-refractivity contribution in [1.82, 2.24) is 5.32 Å². The van der Waals surface area contributed by atoms with Crippen LogP contribution in [0.3, 0.4) is 0 Å². The van der Waals surface area contributed by atoms with Crippen molar-refractivity contribution in [2.24, 2.45) is 0 Å². The lowest BCUT2D eigenvalue weighted by Gasteiger charge is -2.41. The van der Waals surface area contributed by atoms with Gasteiger partial charge in [-0.05, 0) is 89.9 Å². The van der Waals surface area contributed by atoms with Crippen LogP contribution in [0.15, 0.2) is 122 Å². The summed E-state index contributed by atoms with van der Waals surface area (Å²) in [7, 11) is 0. The van der Waals surface area contributed by atoms with Crippen LogP contribution in [0.4, 0.5) is 0 Å². The number of esters is 1. The Balaban J connectivity index is 2.82. The fourth-order valence-corrected chi connectivity index (χ4v) is 8.09. The van der Waals surface area contributed by atoms with E-state index in [2.05, 4.69) is 117 Å². The summed E-state index contributed by atoms with van der Waals surface area (Å²) in [5, 5.41) is 56.7. The van der Waals surface area contributed by atoms with Crippen molar-refractivity contribution < 1.29 is 49.3 Å². The second kappa shape index (κ2) is 49.9. The van der Waals surface area contributed by atoms with E-state index >= 15 is 0 Å². The molecule has 0 radical (unpaired) electrons. The molecular formula is C63H103NO10. The lowest BCUT2D eigenvalue weighted by Crippen LogP contribution is -2.61. The summed E-state index contributed by atoms with van der Waals surface area (Å²) in [4.78, 5) is 26.4. The summed E-state index contributed by atoms with van der Waals surface area (Å²) in [6.45, 7) is 5.47. The van der Waals surface area contributed by atoms with Crippen molar-refractivity contribution in [3.05, 3.63) is 122 Å². The summed E-state index contributed by atoms with van der Waals surface area (Å²) in [6, 6.07) is -1.08. The van der Waals surface area contributed by atoms with Gasteiger partial charge in [-0.3, -0.25) is 9.59 Å². The fraction of sp³-hybridized carbons (Fsp3) is 0.651. The molecule has 0 saturated carbocycles. The molecule has 1 amide bonds. The van der Waals surface area contributed by atoms with Gasteiger partial charge in [-0.1, -0.05) is 219 Å². The number of hydrogen-bond acceptors (Lipinski definition) is 10. The summed E-state index contributed by atoms with van der Waals surface area (Å²) in [5.41, 5.74) is 0. The summed E-state index contributed by atoms with van der Waals surface area (Å²) < 4.78 is 17.5. The highest BCUT2D eigenvalue weighted by Crippen LogP contribution is 2.26. The number of hydrogen-bond donors (Lipinski definition) is 6. The Morgan fingerprint density at radius 2 is 0.973 bits per heavy atom. The Kier molecular flexibility index (Phi) is 45.9. The first-order valence-corrected chi connectivity index (χ1v) is 28.8. The number of amides is 1. The normalized spacial score (nSPS) is 20.2. The second-order valence-corrected chi connectivity index (χ2v) is 19.3. The Bertz CT molecular complexity index is 1660. The minimum Gasteiger partial charge on any atom is -0.454 e. The first-order chi connectivity index (χ1) is 36.2. The molecule has 1 saturated heterocycles. The molecule has 0 aromatic rings. The number of carbonyl (C=O) groups is 2. The molecule has 11 nitrogen and oxygen atoms in total. The van der Waals surface area contributed by atoms with Crippen LogP contribution in [0.1, 0.15) is 201 Å². The third-order valence-corrected chi connectivity index (χ3v) is 12.6. The van der Waals surface area contributed by atoms with Crippen LogP contribution in [-0.2, 0) is 23.8 Å². The van der Waals surface area contributed by atoms with Gasteiger partial charge < -0.3 is 45.1 Å². The lowest BCUT2D eigenvalue weighted by atomic mass is 9.99. The van der Waals surface area contributed by atoms with E-state index in [9.17, 15) is 35.1 Å². The van der Waals surface area contributed by atoms with Crippen LogP contribution >= 0.6 is 0 Å². The molecule has 1 rings (SSSR count). The van der Waals surface area contributed by atoms with Gasteiger partial charge in [0.15, 0.2) is 12.4 Å². The Labute approximate surface area is 449 Å². The van der Waals surface area contributed by atoms with Gasteiger partial charge in [0.25, 0.3) is 0 Å². The van der Waals surface area contributed by atoms with Crippen molar-refractivity contribution in [3.63, 3.8) is 0 Å². The predicted molar refractivity (Wildman–Crippen MR) is 305 cm³/mol. The van der Waals surface area contributed by atoms with Gasteiger partial charge in [-0.2, -0.15) is 0 Å². The zero-order valence-corrected chi connectivity index (χ0v) is 46.2. The average Bonchev–Trinajstić information content (AvgIpc) is 3.40. The Hall–Kier alpha value is -3.94. The van der Waals surface area contributed by atoms with Crippen LogP contribution in [0.25, 0.3) is 0 Å². The minimum absolute atomic E-state index is 0.0490. The molecule has 8 unspecified atom stereocenters. The Morgan fingerprint density at radius 3 is 1.46 bits per heavy atom. The van der Waals surface area contributed by atoms with E-state index < -0.39 is 67.4 Å². The van der Waals surface area contributed by atoms with Gasteiger partial charge in [-0.15, -0.1) is 0 Å². The maximum Gasteiger partial charge on any atom is 0.306 e. The lowest BCUT2D eigenvalue weighted by molar-refractivity contribution is -0.305. The molecule has 0 aromatic carbocycles. The third-order valence-electron chi connectivity index (χ3n) is 12.6. The molecular weight excluding hydrogens is 931 g/mol. The monoisotopic (exact) mass is 1030 g/mol. The van der Waals surface area contributed by atoms with E-state index in [1.165, 1.54) is 51.4 Å². The first-order valence-electron chi connectivity index (χ1n) is 28.8. The number of unbranched alkanes of at least 4 members (excludes halogenated alkanes) is 15. The molecule has 1 aliphatic heterocycles. The minimum atomic E-state index is -1.64. The van der Waals surface area contributed by atoms with Gasteiger partial charge in [0.05, 0.1) is 25.4 Å². The number of ether oxygens (including phenoxy) is 3. The molecule has 11 heteroatoms. The van der Waals surface area contributed by atoms with Gasteiger partial charge in [0.2, 0.25) is 5.91 Å². The molecule has 8 atom stereocenters. The van der Waals surface area contributed by atoms with E-state index in [1.807, 2.05) is 18.2 Å². The SMILES string of the molecule is CC/C=C\C/C=C\C/C=C\C/C=C\C/C=C\C/C=C\CC(O)C(=O)NC(COC1OC(CO)C(O)C(O)C1OC(=O)CCCCCC/C=C/C/C=C/C/C=C/CC)C(O)/C=C/CCCCCCCCCCCCC. The largest absolute Gasteiger partial charge is 0.454 e. The number of rotatable bonds is 46. The Morgan fingerprint density at radius 1 is 0.541 bits per heavy atom. The predicted octanol–water partition coefficient (Wildman–Crippen LogP) is 13.1. The number of aliphatic hydroxyl groups is 5. The maximum absolute atomic E-state index is 13.4. The van der Waals surface area contributed by atoms with E-state index in [0.717, 1.165) is 103 Å². The molecule has 0 aliphatic carbocycles. The fourth-order valence-electron chi connectivity index (χ4n) is 8.09. The molecule has 0 bridgehead atoms. The molecule has 74 heavy (non-hydrogen) atoms. The highest BCUT2D eigenvalue weighted by molar-refractivity contribution is 5.81. The van der Waals surface area contributed by atoms with Crippen molar-refractivity contribution in [1.29, 1.82) is 0 Å². The molecule has 420 valence electrons. The zero-order valence-electron chi connectivity index (χ0n) is 46.2. The molecule has 1 heterocycles. The van der Waals surface area contributed by atoms with Crippen LogP contribution in [0.5, 0.6) is 0 Å². The average molecular weight is 1030 g/mol. The van der Waals surface area contributed by atoms with Crippen molar-refractivity contribution >= 4 is 11.9 Å². The van der Waals surface area contributed by atoms with E-state index in [-0.39, 0.29) is 19.4 Å². The highest BCUT2D eigenvalue weighted by Gasteiger charge is 2.47. The first kappa shape index (κ1) is 68.1. The maximum atomic E-state index is 13.4. The standard InChI is InChI=1S/C63H103NO10/c1-4-7-10-13-16-19-22-25-27-28-29-30-32-35-38-41-44-47-50-56(67)62(71)64-54(55(66)49-46-43-40-37-34-31-24-21-18-15-12-9-6-3)53-72-63-61(60(70)59(69)57(52-65)73-63)74-58(68)51-48-45-42-39-36-33-26-23-20-17-14-11-8-5-2/h7-8,10-11,16-17,19-20,25-27,29-30,33,35,38,44,46-47,49,54-57,59-61,63,65-67,69-70H,4-6,9,12-15,18,21-24,28,31-32,34,36-37,39-43,45,48,50-53H2,1-3H3,(H,64,71)/b10-7-,11-8+,19-16-,20-17+,27-25-,30-29-,33-26+,38-35-,47-44-,49-46+. The van der Waals surface area contributed by atoms with Gasteiger partial charge in [0.1, 0.15) is 24.4 Å². The van der Waals surface area contributed by atoms with Gasteiger partial charge in [-0.25, -0.2) is 0 Å². The van der Waals surface area contributed by atoms with E-state index in [1.54, 1.807) is 12.2 Å². The van der Waals surface area contributed by atoms with E-state index in [0.29, 0.717) is 12.8 Å². The highest BCUT2D eigenvalue weighted by atomic mass is 16.7. The summed E-state index contributed by atoms with van der Waals surface area (Å²) >= 11 is 0. The van der Waals surface area contributed by atoms with Gasteiger partial charge in [0, 0.05) is 12.8 Å². The van der Waals surface area contributed by atoms with Crippen LogP contribution in [0.2, 0.25) is 0 Å². The van der Waals surface area contributed by atoms with Gasteiger partial charge >= 0.3 is 5.97 Å². The third kappa shape index (κ3) is 37.7. The molecule has 1 fully saturated rings. The van der Waals surface area contributed by atoms with Crippen LogP contribution in [-0.4, -0.2) is 99.6 Å².